The molecule has 1 rings (SSSR count). The average molecular weight is 213 g/mol. The lowest BCUT2D eigenvalue weighted by Crippen LogP contribution is -1.95. The molecule has 0 spiro atoms. The summed E-state index contributed by atoms with van der Waals surface area (Å²) in [4.78, 5) is 0. The minimum absolute atomic E-state index is 1.18. The molecule has 1 N–H and O–H groups in total. The number of anilines is 1. The van der Waals surface area contributed by atoms with Crippen LogP contribution in [0.25, 0.3) is 0 Å². The van der Waals surface area contributed by atoms with Crippen molar-refractivity contribution in [3.63, 3.8) is 0 Å². The minimum Gasteiger partial charge on any atom is -0.357 e. The monoisotopic (exact) mass is 213 g/mol. The van der Waals surface area contributed by atoms with E-state index in [1.807, 2.05) is 0 Å². The summed E-state index contributed by atoms with van der Waals surface area (Å²) < 4.78 is 0. The average Bonchev–Trinajstić information content (AvgIpc) is 1.93. The van der Waals surface area contributed by atoms with Gasteiger partial charge in [-0.25, -0.2) is 0 Å². The van der Waals surface area contributed by atoms with Crippen LogP contribution in [0.4, 0.5) is 5.69 Å². The molecule has 1 aromatic carbocycles. The van der Waals surface area contributed by atoms with Gasteiger partial charge >= 0.3 is 0 Å². The summed E-state index contributed by atoms with van der Waals surface area (Å²) in [5.74, 6) is 0. The second kappa shape index (κ2) is 3.81. The lowest BCUT2D eigenvalue weighted by atomic mass is 10.1. The smallest absolute Gasteiger partial charge is 0.0407 e. The Bertz CT molecular complexity index is 354. The van der Waals surface area contributed by atoms with Crippen molar-refractivity contribution in [1.82, 2.24) is 0 Å². The SMILES string of the molecule is Cc1ccc(NP(C)(C)=S)c(C)c1. The minimum atomic E-state index is -1.35. The van der Waals surface area contributed by atoms with Gasteiger partial charge in [0.1, 0.15) is 0 Å². The van der Waals surface area contributed by atoms with Gasteiger partial charge in [0, 0.05) is 11.9 Å². The molecule has 0 aromatic heterocycles. The van der Waals surface area contributed by atoms with Crippen LogP contribution in [-0.4, -0.2) is 13.3 Å². The zero-order chi connectivity index (χ0) is 10.1. The molecule has 0 aliphatic rings. The van der Waals surface area contributed by atoms with E-state index in [1.165, 1.54) is 16.8 Å². The van der Waals surface area contributed by atoms with Gasteiger partial charge in [0.15, 0.2) is 0 Å². The van der Waals surface area contributed by atoms with Crippen LogP contribution in [0.5, 0.6) is 0 Å². The predicted molar refractivity (Wildman–Crippen MR) is 65.7 cm³/mol. The maximum atomic E-state index is 5.36. The molecule has 13 heavy (non-hydrogen) atoms. The molecule has 0 heterocycles. The summed E-state index contributed by atoms with van der Waals surface area (Å²) in [5, 5.41) is 3.40. The van der Waals surface area contributed by atoms with Crippen LogP contribution in [0.2, 0.25) is 0 Å². The molecule has 0 radical (unpaired) electrons. The highest BCUT2D eigenvalue weighted by Gasteiger charge is 2.03. The molecular formula is C10H16NPS. The van der Waals surface area contributed by atoms with Gasteiger partial charge in [-0.3, -0.25) is 0 Å². The van der Waals surface area contributed by atoms with Crippen LogP contribution in [-0.2, 0) is 11.8 Å². The highest BCUT2D eigenvalue weighted by Crippen LogP contribution is 2.38. The standard InChI is InChI=1S/C10H16NPS/c1-8-5-6-10(9(2)7-8)11-12(3,4)13/h5-7H,1-4H3,(H,11,13). The topological polar surface area (TPSA) is 12.0 Å². The molecular weight excluding hydrogens is 197 g/mol. The highest BCUT2D eigenvalue weighted by molar-refractivity contribution is 8.14. The number of nitrogens with one attached hydrogen (secondary N) is 1. The third kappa shape index (κ3) is 3.50. The lowest BCUT2D eigenvalue weighted by molar-refractivity contribution is 1.39. The number of hydrogen-bond acceptors (Lipinski definition) is 1. The molecule has 0 fully saturated rings. The van der Waals surface area contributed by atoms with Crippen molar-refractivity contribution in [2.24, 2.45) is 0 Å². The number of hydrogen-bond donors (Lipinski definition) is 1. The zero-order valence-corrected chi connectivity index (χ0v) is 10.3. The maximum absolute atomic E-state index is 5.36. The molecule has 0 aliphatic carbocycles. The van der Waals surface area contributed by atoms with Gasteiger partial charge in [0.05, 0.1) is 0 Å². The van der Waals surface area contributed by atoms with E-state index < -0.39 is 6.19 Å². The van der Waals surface area contributed by atoms with Gasteiger partial charge in [0.25, 0.3) is 0 Å². The first-order chi connectivity index (χ1) is 5.88. The molecule has 1 aromatic rings. The molecule has 1 nitrogen and oxygen atoms in total. The van der Waals surface area contributed by atoms with Crippen molar-refractivity contribution in [3.8, 4) is 0 Å². The van der Waals surface area contributed by atoms with Crippen LogP contribution >= 0.6 is 6.19 Å². The lowest BCUT2D eigenvalue weighted by Gasteiger charge is -2.16. The summed E-state index contributed by atoms with van der Waals surface area (Å²) in [6.45, 7) is 8.41. The predicted octanol–water partition coefficient (Wildman–Crippen LogP) is 3.37. The van der Waals surface area contributed by atoms with Crippen LogP contribution < -0.4 is 5.09 Å². The van der Waals surface area contributed by atoms with Gasteiger partial charge in [-0.05, 0) is 38.8 Å². The summed E-state index contributed by atoms with van der Waals surface area (Å²) >= 11 is 5.36. The van der Waals surface area contributed by atoms with E-state index in [-0.39, 0.29) is 0 Å². The summed E-state index contributed by atoms with van der Waals surface area (Å²) in [5.41, 5.74) is 3.75. The first-order valence-electron chi connectivity index (χ1n) is 4.29. The first kappa shape index (κ1) is 10.7. The maximum Gasteiger partial charge on any atom is 0.0407 e. The van der Waals surface area contributed by atoms with E-state index in [1.54, 1.807) is 0 Å². The molecule has 3 heteroatoms. The fourth-order valence-corrected chi connectivity index (χ4v) is 2.36. The molecule has 0 saturated carbocycles. The summed E-state index contributed by atoms with van der Waals surface area (Å²) in [6.07, 6.45) is -1.35. The van der Waals surface area contributed by atoms with E-state index in [2.05, 4.69) is 50.5 Å². The molecule has 0 atom stereocenters. The third-order valence-electron chi connectivity index (χ3n) is 1.77. The number of rotatable bonds is 2. The summed E-state index contributed by atoms with van der Waals surface area (Å²) in [6, 6.07) is 6.40. The van der Waals surface area contributed by atoms with Crippen LogP contribution in [0.15, 0.2) is 18.2 Å². The van der Waals surface area contributed by atoms with E-state index in [0.717, 1.165) is 0 Å². The second-order valence-electron chi connectivity index (χ2n) is 3.78. The highest BCUT2D eigenvalue weighted by atomic mass is 32.4. The molecule has 0 amide bonds. The zero-order valence-electron chi connectivity index (χ0n) is 8.59. The Morgan fingerprint density at radius 1 is 1.23 bits per heavy atom. The van der Waals surface area contributed by atoms with Gasteiger partial charge in [-0.1, -0.05) is 29.5 Å². The Hall–Kier alpha value is -0.330. The molecule has 0 aliphatic heterocycles. The Balaban J connectivity index is 2.97. The normalized spacial score (nSPS) is 11.4. The number of benzene rings is 1. The fourth-order valence-electron chi connectivity index (χ4n) is 1.23. The van der Waals surface area contributed by atoms with Crippen LogP contribution in [0.3, 0.4) is 0 Å². The van der Waals surface area contributed by atoms with E-state index in [0.29, 0.717) is 0 Å². The van der Waals surface area contributed by atoms with Crippen molar-refractivity contribution in [1.29, 1.82) is 0 Å². The van der Waals surface area contributed by atoms with Gasteiger partial charge in [-0.15, -0.1) is 0 Å². The van der Waals surface area contributed by atoms with Gasteiger partial charge in [0.2, 0.25) is 0 Å². The quantitative estimate of drug-likeness (QED) is 0.756. The third-order valence-corrected chi connectivity index (χ3v) is 2.82. The van der Waals surface area contributed by atoms with Crippen molar-refractivity contribution in [2.75, 3.05) is 18.4 Å². The number of aryl methyl sites for hydroxylation is 2. The van der Waals surface area contributed by atoms with Crippen LogP contribution in [0, 0.1) is 13.8 Å². The Morgan fingerprint density at radius 3 is 2.31 bits per heavy atom. The molecule has 0 saturated heterocycles. The first-order valence-corrected chi connectivity index (χ1v) is 7.99. The molecule has 0 bridgehead atoms. The summed E-state index contributed by atoms with van der Waals surface area (Å²) in [7, 11) is 0. The van der Waals surface area contributed by atoms with E-state index in [4.69, 9.17) is 11.8 Å². The van der Waals surface area contributed by atoms with Crippen LogP contribution in [0.1, 0.15) is 11.1 Å². The van der Waals surface area contributed by atoms with Crippen molar-refractivity contribution in [2.45, 2.75) is 13.8 Å². The molecule has 72 valence electrons. The van der Waals surface area contributed by atoms with Crippen molar-refractivity contribution in [3.05, 3.63) is 29.3 Å². The molecule has 0 unspecified atom stereocenters. The van der Waals surface area contributed by atoms with Gasteiger partial charge in [-0.2, -0.15) is 0 Å². The second-order valence-corrected chi connectivity index (χ2v) is 9.44. The Labute approximate surface area is 85.6 Å². The van der Waals surface area contributed by atoms with E-state index in [9.17, 15) is 0 Å². The Morgan fingerprint density at radius 2 is 1.85 bits per heavy atom. The largest absolute Gasteiger partial charge is 0.357 e. The Kier molecular flexibility index (Phi) is 3.15. The van der Waals surface area contributed by atoms with Crippen molar-refractivity contribution < 1.29 is 0 Å². The fraction of sp³-hybridized carbons (Fsp3) is 0.400. The van der Waals surface area contributed by atoms with Crippen molar-refractivity contribution >= 4 is 23.7 Å². The van der Waals surface area contributed by atoms with E-state index >= 15 is 0 Å². The van der Waals surface area contributed by atoms with Gasteiger partial charge < -0.3 is 5.09 Å².